The second-order valence-electron chi connectivity index (χ2n) is 9.87. The maximum Gasteiger partial charge on any atom is 0.408 e. The molecule has 36 heavy (non-hydrogen) atoms. The Balaban J connectivity index is 3.29. The Kier molecular flexibility index (Phi) is 13.0. The lowest BCUT2D eigenvalue weighted by Crippen LogP contribution is -2.52. The largest absolute Gasteiger partial charge is 0.468 e. The van der Waals surface area contributed by atoms with Crippen LogP contribution in [0.1, 0.15) is 83.9 Å². The molecule has 0 aliphatic carbocycles. The SMILES string of the molecule is CCCCCCCN(C(=O)C(C)NC(=O)OC(C)(C)C)C(C(=O)NCC(=O)OC)c1ccccc1C. The molecule has 0 fully saturated rings. The predicted octanol–water partition coefficient (Wildman–Crippen LogP) is 4.04. The second kappa shape index (κ2) is 15.1. The van der Waals surface area contributed by atoms with E-state index in [0.717, 1.165) is 31.2 Å². The van der Waals surface area contributed by atoms with E-state index in [2.05, 4.69) is 22.3 Å². The molecule has 1 rings (SSSR count). The third kappa shape index (κ3) is 10.7. The standard InChI is InChI=1S/C27H43N3O6/c1-8-9-10-11-14-17-30(25(33)20(3)29-26(34)36-27(4,5)6)23(21-16-13-12-15-19(21)2)24(32)28-18-22(31)35-7/h12-13,15-16,20,23H,8-11,14,17-18H2,1-7H3,(H,28,32)(H,29,34). The van der Waals surface area contributed by atoms with Crippen LogP contribution in [0.3, 0.4) is 0 Å². The van der Waals surface area contributed by atoms with Gasteiger partial charge in [-0.3, -0.25) is 14.4 Å². The van der Waals surface area contributed by atoms with Gasteiger partial charge in [-0.25, -0.2) is 4.79 Å². The van der Waals surface area contributed by atoms with E-state index >= 15 is 0 Å². The Morgan fingerprint density at radius 1 is 1.03 bits per heavy atom. The Morgan fingerprint density at radius 3 is 2.25 bits per heavy atom. The number of hydrogen-bond acceptors (Lipinski definition) is 6. The van der Waals surface area contributed by atoms with Gasteiger partial charge in [-0.2, -0.15) is 0 Å². The van der Waals surface area contributed by atoms with Gasteiger partial charge in [-0.1, -0.05) is 56.9 Å². The van der Waals surface area contributed by atoms with Crippen molar-refractivity contribution in [2.75, 3.05) is 20.2 Å². The smallest absolute Gasteiger partial charge is 0.408 e. The van der Waals surface area contributed by atoms with E-state index in [1.54, 1.807) is 39.8 Å². The average Bonchev–Trinajstić information content (AvgIpc) is 2.80. The van der Waals surface area contributed by atoms with Crippen molar-refractivity contribution in [2.24, 2.45) is 0 Å². The molecule has 9 nitrogen and oxygen atoms in total. The molecular weight excluding hydrogens is 462 g/mol. The molecule has 2 unspecified atom stereocenters. The topological polar surface area (TPSA) is 114 Å². The lowest BCUT2D eigenvalue weighted by Gasteiger charge is -2.34. The van der Waals surface area contributed by atoms with Crippen molar-refractivity contribution in [3.05, 3.63) is 35.4 Å². The van der Waals surface area contributed by atoms with E-state index in [1.165, 1.54) is 12.0 Å². The summed E-state index contributed by atoms with van der Waals surface area (Å²) in [4.78, 5) is 52.6. The summed E-state index contributed by atoms with van der Waals surface area (Å²) in [7, 11) is 1.24. The van der Waals surface area contributed by atoms with Gasteiger partial charge < -0.3 is 25.0 Å². The average molecular weight is 506 g/mol. The number of methoxy groups -OCH3 is 1. The fourth-order valence-corrected chi connectivity index (χ4v) is 3.72. The zero-order valence-electron chi connectivity index (χ0n) is 22.8. The number of amides is 3. The molecule has 1 aromatic carbocycles. The van der Waals surface area contributed by atoms with Crippen LogP contribution in [0.25, 0.3) is 0 Å². The number of unbranched alkanes of at least 4 members (excludes halogenated alkanes) is 4. The van der Waals surface area contributed by atoms with Crippen LogP contribution in [0.4, 0.5) is 4.79 Å². The molecule has 2 N–H and O–H groups in total. The first-order valence-electron chi connectivity index (χ1n) is 12.6. The number of ether oxygens (including phenoxy) is 2. The Hall–Kier alpha value is -3.10. The van der Waals surface area contributed by atoms with Gasteiger partial charge >= 0.3 is 12.1 Å². The molecule has 0 heterocycles. The van der Waals surface area contributed by atoms with Crippen LogP contribution in [0.2, 0.25) is 0 Å². The Labute approximate surface area is 215 Å². The van der Waals surface area contributed by atoms with E-state index in [1.807, 2.05) is 19.1 Å². The highest BCUT2D eigenvalue weighted by atomic mass is 16.6. The predicted molar refractivity (Wildman–Crippen MR) is 138 cm³/mol. The van der Waals surface area contributed by atoms with Gasteiger partial charge in [0.05, 0.1) is 7.11 Å². The number of hydrogen-bond donors (Lipinski definition) is 2. The third-order valence-electron chi connectivity index (χ3n) is 5.57. The summed E-state index contributed by atoms with van der Waals surface area (Å²) in [5.41, 5.74) is 0.752. The van der Waals surface area contributed by atoms with Gasteiger partial charge in [-0.05, 0) is 52.2 Å². The molecule has 3 amide bonds. The summed E-state index contributed by atoms with van der Waals surface area (Å²) < 4.78 is 9.95. The maximum absolute atomic E-state index is 13.7. The number of benzene rings is 1. The molecule has 1 aromatic rings. The first-order valence-corrected chi connectivity index (χ1v) is 12.6. The molecule has 0 saturated heterocycles. The highest BCUT2D eigenvalue weighted by Gasteiger charge is 2.35. The minimum absolute atomic E-state index is 0.313. The van der Waals surface area contributed by atoms with E-state index in [0.29, 0.717) is 18.5 Å². The minimum Gasteiger partial charge on any atom is -0.468 e. The highest BCUT2D eigenvalue weighted by Crippen LogP contribution is 2.26. The first-order chi connectivity index (χ1) is 16.9. The monoisotopic (exact) mass is 505 g/mol. The Morgan fingerprint density at radius 2 is 1.67 bits per heavy atom. The summed E-state index contributed by atoms with van der Waals surface area (Å²) in [6.07, 6.45) is 4.07. The van der Waals surface area contributed by atoms with Crippen molar-refractivity contribution < 1.29 is 28.7 Å². The van der Waals surface area contributed by atoms with E-state index in [4.69, 9.17) is 4.74 Å². The van der Waals surface area contributed by atoms with Crippen LogP contribution >= 0.6 is 0 Å². The second-order valence-corrected chi connectivity index (χ2v) is 9.87. The van der Waals surface area contributed by atoms with Crippen LogP contribution < -0.4 is 10.6 Å². The number of rotatable bonds is 13. The van der Waals surface area contributed by atoms with Crippen LogP contribution in [-0.2, 0) is 23.9 Å². The summed E-state index contributed by atoms with van der Waals surface area (Å²) in [6, 6.07) is 5.39. The number of nitrogens with zero attached hydrogens (tertiary/aromatic N) is 1. The van der Waals surface area contributed by atoms with Crippen molar-refractivity contribution in [3.8, 4) is 0 Å². The van der Waals surface area contributed by atoms with E-state index < -0.39 is 41.6 Å². The molecule has 0 aliphatic heterocycles. The summed E-state index contributed by atoms with van der Waals surface area (Å²) >= 11 is 0. The number of carbonyl (C=O) groups is 4. The highest BCUT2D eigenvalue weighted by molar-refractivity contribution is 5.93. The lowest BCUT2D eigenvalue weighted by atomic mass is 9.97. The zero-order chi connectivity index (χ0) is 27.3. The van der Waals surface area contributed by atoms with Gasteiger partial charge in [0, 0.05) is 6.54 Å². The quantitative estimate of drug-likeness (QED) is 0.309. The van der Waals surface area contributed by atoms with Gasteiger partial charge in [0.1, 0.15) is 24.2 Å². The van der Waals surface area contributed by atoms with Crippen molar-refractivity contribution in [1.82, 2.24) is 15.5 Å². The van der Waals surface area contributed by atoms with Crippen LogP contribution in [0.15, 0.2) is 24.3 Å². The molecule has 9 heteroatoms. The molecule has 0 spiro atoms. The summed E-state index contributed by atoms with van der Waals surface area (Å²) in [5.74, 6) is -1.51. The normalized spacial score (nSPS) is 12.8. The molecule has 0 bridgehead atoms. The number of carbonyl (C=O) groups excluding carboxylic acids is 4. The van der Waals surface area contributed by atoms with Crippen LogP contribution in [0, 0.1) is 6.92 Å². The first kappa shape index (κ1) is 30.9. The number of alkyl carbamates (subject to hydrolysis) is 1. The van der Waals surface area contributed by atoms with Crippen molar-refractivity contribution >= 4 is 23.9 Å². The minimum atomic E-state index is -0.989. The van der Waals surface area contributed by atoms with Gasteiger partial charge in [-0.15, -0.1) is 0 Å². The van der Waals surface area contributed by atoms with Crippen LogP contribution in [-0.4, -0.2) is 60.6 Å². The van der Waals surface area contributed by atoms with Gasteiger partial charge in [0.25, 0.3) is 0 Å². The summed E-state index contributed by atoms with van der Waals surface area (Å²) in [6.45, 7) is 10.8. The number of esters is 1. The third-order valence-corrected chi connectivity index (χ3v) is 5.57. The van der Waals surface area contributed by atoms with E-state index in [-0.39, 0.29) is 6.54 Å². The van der Waals surface area contributed by atoms with Crippen molar-refractivity contribution in [3.63, 3.8) is 0 Å². The molecule has 2 atom stereocenters. The zero-order valence-corrected chi connectivity index (χ0v) is 22.8. The Bertz CT molecular complexity index is 881. The fourth-order valence-electron chi connectivity index (χ4n) is 3.72. The maximum atomic E-state index is 13.7. The molecule has 0 aromatic heterocycles. The van der Waals surface area contributed by atoms with Gasteiger partial charge in [0.2, 0.25) is 11.8 Å². The molecule has 0 radical (unpaired) electrons. The van der Waals surface area contributed by atoms with E-state index in [9.17, 15) is 19.2 Å². The summed E-state index contributed by atoms with van der Waals surface area (Å²) in [5, 5.41) is 5.19. The van der Waals surface area contributed by atoms with Crippen LogP contribution in [0.5, 0.6) is 0 Å². The van der Waals surface area contributed by atoms with Crippen molar-refractivity contribution in [1.29, 1.82) is 0 Å². The molecular formula is C27H43N3O6. The lowest BCUT2D eigenvalue weighted by molar-refractivity contribution is -0.144. The van der Waals surface area contributed by atoms with Crippen molar-refractivity contribution in [2.45, 2.75) is 91.3 Å². The molecule has 0 saturated carbocycles. The fraction of sp³-hybridized carbons (Fsp3) is 0.630. The number of nitrogens with one attached hydrogen (secondary N) is 2. The molecule has 202 valence electrons. The molecule has 0 aliphatic rings. The van der Waals surface area contributed by atoms with Gasteiger partial charge in [0.15, 0.2) is 0 Å². The number of aryl methyl sites for hydroxylation is 1.